The SMILES string of the molecule is O/N=C/c1cc(N=Nc2ccc(Br)cc2)ccc1O. The Morgan fingerprint density at radius 2 is 1.58 bits per heavy atom. The lowest BCUT2D eigenvalue weighted by Crippen LogP contribution is -1.81. The van der Waals surface area contributed by atoms with Gasteiger partial charge < -0.3 is 10.3 Å². The second kappa shape index (κ2) is 6.10. The quantitative estimate of drug-likeness (QED) is 0.381. The van der Waals surface area contributed by atoms with Gasteiger partial charge in [-0.2, -0.15) is 10.2 Å². The van der Waals surface area contributed by atoms with Crippen LogP contribution in [0, 0.1) is 0 Å². The molecule has 5 nitrogen and oxygen atoms in total. The lowest BCUT2D eigenvalue weighted by Gasteiger charge is -1.99. The van der Waals surface area contributed by atoms with E-state index in [-0.39, 0.29) is 5.75 Å². The number of oxime groups is 1. The van der Waals surface area contributed by atoms with Crippen molar-refractivity contribution in [2.75, 3.05) is 0 Å². The van der Waals surface area contributed by atoms with Gasteiger partial charge in [-0.1, -0.05) is 21.1 Å². The van der Waals surface area contributed by atoms with Gasteiger partial charge in [0.05, 0.1) is 17.6 Å². The summed E-state index contributed by atoms with van der Waals surface area (Å²) in [5, 5.41) is 29.0. The van der Waals surface area contributed by atoms with Crippen LogP contribution in [0.3, 0.4) is 0 Å². The van der Waals surface area contributed by atoms with E-state index >= 15 is 0 Å². The van der Waals surface area contributed by atoms with Gasteiger partial charge in [0.15, 0.2) is 0 Å². The van der Waals surface area contributed by atoms with Crippen LogP contribution in [0.15, 0.2) is 62.3 Å². The Balaban J connectivity index is 2.23. The summed E-state index contributed by atoms with van der Waals surface area (Å²) in [7, 11) is 0. The Morgan fingerprint density at radius 1 is 0.947 bits per heavy atom. The summed E-state index contributed by atoms with van der Waals surface area (Å²) in [4.78, 5) is 0. The largest absolute Gasteiger partial charge is 0.507 e. The number of hydrogen-bond donors (Lipinski definition) is 2. The Labute approximate surface area is 118 Å². The number of phenols is 1. The minimum absolute atomic E-state index is 0.0143. The average Bonchev–Trinajstić information content (AvgIpc) is 2.42. The molecule has 0 bridgehead atoms. The molecule has 96 valence electrons. The summed E-state index contributed by atoms with van der Waals surface area (Å²) < 4.78 is 0.970. The molecule has 0 saturated heterocycles. The zero-order valence-electron chi connectivity index (χ0n) is 9.73. The first-order valence-corrected chi connectivity index (χ1v) is 6.16. The molecule has 0 unspecified atom stereocenters. The van der Waals surface area contributed by atoms with Gasteiger partial charge >= 0.3 is 0 Å². The average molecular weight is 320 g/mol. The standard InChI is InChI=1S/C13H10BrN3O2/c14-10-1-3-11(4-2-10)16-17-12-5-6-13(18)9(7-12)8-15-19/h1-8,18-19H/b15-8+,17-16?. The molecule has 6 heteroatoms. The summed E-state index contributed by atoms with van der Waals surface area (Å²) >= 11 is 3.34. The van der Waals surface area contributed by atoms with E-state index in [0.29, 0.717) is 16.9 Å². The molecule has 2 N–H and O–H groups in total. The summed E-state index contributed by atoms with van der Waals surface area (Å²) in [6.45, 7) is 0. The molecule has 0 amide bonds. The minimum atomic E-state index is 0.0143. The van der Waals surface area contributed by atoms with E-state index in [2.05, 4.69) is 31.3 Å². The van der Waals surface area contributed by atoms with Crippen LogP contribution in [0.5, 0.6) is 5.75 Å². The molecule has 0 aromatic heterocycles. The van der Waals surface area contributed by atoms with Crippen LogP contribution in [-0.2, 0) is 0 Å². The Hall–Kier alpha value is -2.21. The van der Waals surface area contributed by atoms with E-state index in [9.17, 15) is 5.11 Å². The Morgan fingerprint density at radius 3 is 2.26 bits per heavy atom. The summed E-state index contributed by atoms with van der Waals surface area (Å²) in [6, 6.07) is 12.0. The first-order valence-electron chi connectivity index (χ1n) is 5.37. The molecule has 0 saturated carbocycles. The van der Waals surface area contributed by atoms with Gasteiger partial charge in [0.25, 0.3) is 0 Å². The lowest BCUT2D eigenvalue weighted by molar-refractivity contribution is 0.321. The van der Waals surface area contributed by atoms with Gasteiger partial charge in [-0.15, -0.1) is 0 Å². The number of hydrogen-bond acceptors (Lipinski definition) is 5. The second-order valence-electron chi connectivity index (χ2n) is 3.66. The fourth-order valence-corrected chi connectivity index (χ4v) is 1.66. The summed E-state index contributed by atoms with van der Waals surface area (Å²) in [6.07, 6.45) is 1.13. The van der Waals surface area contributed by atoms with Crippen molar-refractivity contribution in [3.05, 3.63) is 52.5 Å². The van der Waals surface area contributed by atoms with E-state index in [1.807, 2.05) is 24.3 Å². The monoisotopic (exact) mass is 319 g/mol. The molecular formula is C13H10BrN3O2. The molecule has 0 aliphatic carbocycles. The molecular weight excluding hydrogens is 310 g/mol. The minimum Gasteiger partial charge on any atom is -0.507 e. The van der Waals surface area contributed by atoms with Gasteiger partial charge in [-0.3, -0.25) is 0 Å². The van der Waals surface area contributed by atoms with Crippen LogP contribution in [0.2, 0.25) is 0 Å². The smallest absolute Gasteiger partial charge is 0.124 e. The molecule has 0 aliphatic rings. The second-order valence-corrected chi connectivity index (χ2v) is 4.58. The number of halogens is 1. The predicted octanol–water partition coefficient (Wildman–Crippen LogP) is 4.38. The predicted molar refractivity (Wildman–Crippen MR) is 75.8 cm³/mol. The molecule has 0 atom stereocenters. The van der Waals surface area contributed by atoms with E-state index in [1.165, 1.54) is 6.07 Å². The fraction of sp³-hybridized carbons (Fsp3) is 0. The van der Waals surface area contributed by atoms with Crippen LogP contribution in [0.1, 0.15) is 5.56 Å². The van der Waals surface area contributed by atoms with Gasteiger partial charge in [-0.05, 0) is 42.5 Å². The van der Waals surface area contributed by atoms with Crippen molar-refractivity contribution in [1.29, 1.82) is 0 Å². The summed E-state index contributed by atoms with van der Waals surface area (Å²) in [5.41, 5.74) is 1.64. The third kappa shape index (κ3) is 3.62. The van der Waals surface area contributed by atoms with Gasteiger partial charge in [0.1, 0.15) is 5.75 Å². The first kappa shape index (κ1) is 13.2. The highest BCUT2D eigenvalue weighted by Gasteiger charge is 2.00. The van der Waals surface area contributed by atoms with Crippen molar-refractivity contribution in [3.63, 3.8) is 0 Å². The highest BCUT2D eigenvalue weighted by molar-refractivity contribution is 9.10. The molecule has 0 radical (unpaired) electrons. The zero-order chi connectivity index (χ0) is 13.7. The van der Waals surface area contributed by atoms with Gasteiger partial charge in [-0.25, -0.2) is 0 Å². The van der Waals surface area contributed by atoms with Crippen LogP contribution < -0.4 is 0 Å². The third-order valence-electron chi connectivity index (χ3n) is 2.32. The fourth-order valence-electron chi connectivity index (χ4n) is 1.39. The van der Waals surface area contributed by atoms with E-state index in [0.717, 1.165) is 10.7 Å². The molecule has 19 heavy (non-hydrogen) atoms. The first-order chi connectivity index (χ1) is 9.19. The lowest BCUT2D eigenvalue weighted by atomic mass is 10.2. The Bertz CT molecular complexity index is 624. The molecule has 0 aliphatic heterocycles. The van der Waals surface area contributed by atoms with E-state index < -0.39 is 0 Å². The normalized spacial score (nSPS) is 11.4. The van der Waals surface area contributed by atoms with Crippen molar-refractivity contribution in [1.82, 2.24) is 0 Å². The van der Waals surface area contributed by atoms with Crippen LogP contribution >= 0.6 is 15.9 Å². The van der Waals surface area contributed by atoms with Crippen molar-refractivity contribution in [3.8, 4) is 5.75 Å². The molecule has 0 heterocycles. The molecule has 2 rings (SSSR count). The third-order valence-corrected chi connectivity index (χ3v) is 2.84. The number of rotatable bonds is 3. The van der Waals surface area contributed by atoms with Crippen molar-refractivity contribution in [2.45, 2.75) is 0 Å². The number of nitrogens with zero attached hydrogens (tertiary/aromatic N) is 3. The van der Waals surface area contributed by atoms with Crippen LogP contribution in [-0.4, -0.2) is 16.5 Å². The zero-order valence-corrected chi connectivity index (χ0v) is 11.3. The van der Waals surface area contributed by atoms with Crippen molar-refractivity contribution >= 4 is 33.5 Å². The van der Waals surface area contributed by atoms with Gasteiger partial charge in [0, 0.05) is 10.0 Å². The number of phenolic OH excluding ortho intramolecular Hbond substituents is 1. The topological polar surface area (TPSA) is 77.5 Å². The molecule has 2 aromatic carbocycles. The van der Waals surface area contributed by atoms with Crippen molar-refractivity contribution in [2.24, 2.45) is 15.4 Å². The number of benzene rings is 2. The number of azo groups is 1. The maximum Gasteiger partial charge on any atom is 0.124 e. The van der Waals surface area contributed by atoms with E-state index in [4.69, 9.17) is 5.21 Å². The molecule has 0 spiro atoms. The highest BCUT2D eigenvalue weighted by atomic mass is 79.9. The maximum atomic E-state index is 9.50. The van der Waals surface area contributed by atoms with E-state index in [1.54, 1.807) is 12.1 Å². The number of aromatic hydroxyl groups is 1. The van der Waals surface area contributed by atoms with Gasteiger partial charge in [0.2, 0.25) is 0 Å². The maximum absolute atomic E-state index is 9.50. The molecule has 0 fully saturated rings. The highest BCUT2D eigenvalue weighted by Crippen LogP contribution is 2.24. The van der Waals surface area contributed by atoms with Crippen LogP contribution in [0.25, 0.3) is 0 Å². The Kier molecular flexibility index (Phi) is 4.25. The molecule has 2 aromatic rings. The van der Waals surface area contributed by atoms with Crippen molar-refractivity contribution < 1.29 is 10.3 Å². The summed E-state index contributed by atoms with van der Waals surface area (Å²) in [5.74, 6) is 0.0143. The van der Waals surface area contributed by atoms with Crippen LogP contribution in [0.4, 0.5) is 11.4 Å².